The van der Waals surface area contributed by atoms with Crippen molar-refractivity contribution < 1.29 is 14.6 Å². The molecule has 0 bridgehead atoms. The number of aliphatic hydroxyl groups is 1. The molecule has 0 aromatic rings. The molecule has 1 N–H and O–H groups in total. The predicted octanol–water partition coefficient (Wildman–Crippen LogP) is 1.42. The Kier molecular flexibility index (Phi) is 4.42. The minimum absolute atomic E-state index is 0.0671. The van der Waals surface area contributed by atoms with E-state index in [0.717, 1.165) is 45.8 Å². The van der Waals surface area contributed by atoms with Gasteiger partial charge in [0.1, 0.15) is 0 Å². The van der Waals surface area contributed by atoms with Crippen molar-refractivity contribution in [2.75, 3.05) is 39.5 Å². The van der Waals surface area contributed by atoms with Gasteiger partial charge in [-0.1, -0.05) is 12.8 Å². The number of ether oxygens (including phenoxy) is 2. The first-order valence-corrected chi connectivity index (χ1v) is 7.87. The third-order valence-corrected chi connectivity index (χ3v) is 5.27. The van der Waals surface area contributed by atoms with Gasteiger partial charge >= 0.3 is 0 Å². The van der Waals surface area contributed by atoms with Crippen molar-refractivity contribution >= 4 is 0 Å². The minimum atomic E-state index is 0.0671. The monoisotopic (exact) mass is 269 g/mol. The second-order valence-electron chi connectivity index (χ2n) is 6.50. The summed E-state index contributed by atoms with van der Waals surface area (Å²) in [5.74, 6) is 0. The second-order valence-corrected chi connectivity index (χ2v) is 6.50. The fourth-order valence-electron chi connectivity index (χ4n) is 3.97. The number of nitrogens with zero attached hydrogens (tertiary/aromatic N) is 1. The normalized spacial score (nSPS) is 35.8. The van der Waals surface area contributed by atoms with Crippen LogP contribution in [0.15, 0.2) is 0 Å². The fraction of sp³-hybridized carbons (Fsp3) is 1.00. The molecule has 0 aromatic heterocycles. The molecule has 3 fully saturated rings. The third-order valence-electron chi connectivity index (χ3n) is 5.27. The molecule has 2 aliphatic heterocycles. The zero-order valence-electron chi connectivity index (χ0n) is 11.9. The Morgan fingerprint density at radius 1 is 1.11 bits per heavy atom. The van der Waals surface area contributed by atoms with E-state index in [4.69, 9.17) is 9.47 Å². The summed E-state index contributed by atoms with van der Waals surface area (Å²) in [6, 6.07) is 0.591. The van der Waals surface area contributed by atoms with Gasteiger partial charge < -0.3 is 14.6 Å². The summed E-state index contributed by atoms with van der Waals surface area (Å²) in [6.07, 6.45) is 7.57. The molecule has 4 heteroatoms. The largest absolute Gasteiger partial charge is 0.396 e. The van der Waals surface area contributed by atoms with Crippen LogP contribution in [0.5, 0.6) is 0 Å². The van der Waals surface area contributed by atoms with Gasteiger partial charge in [0.25, 0.3) is 0 Å². The van der Waals surface area contributed by atoms with Gasteiger partial charge in [0.2, 0.25) is 0 Å². The maximum Gasteiger partial charge on any atom is 0.0730 e. The van der Waals surface area contributed by atoms with E-state index in [1.807, 2.05) is 0 Å². The Balaban J connectivity index is 1.66. The highest BCUT2D eigenvalue weighted by Crippen LogP contribution is 2.35. The molecule has 2 atom stereocenters. The summed E-state index contributed by atoms with van der Waals surface area (Å²) in [5, 5.41) is 9.85. The Morgan fingerprint density at radius 2 is 1.89 bits per heavy atom. The van der Waals surface area contributed by atoms with Crippen LogP contribution in [-0.2, 0) is 9.47 Å². The SMILES string of the molecule is OCC1(CN2CCOC3CCCCC32)CCOCC1. The van der Waals surface area contributed by atoms with Crippen molar-refractivity contribution in [2.24, 2.45) is 5.41 Å². The predicted molar refractivity (Wildman–Crippen MR) is 73.1 cm³/mol. The van der Waals surface area contributed by atoms with E-state index in [1.165, 1.54) is 25.7 Å². The maximum absolute atomic E-state index is 9.85. The zero-order chi connectivity index (χ0) is 13.1. The molecule has 2 unspecified atom stereocenters. The first-order chi connectivity index (χ1) is 9.33. The van der Waals surface area contributed by atoms with Crippen LogP contribution in [0.2, 0.25) is 0 Å². The number of aliphatic hydroxyl groups excluding tert-OH is 1. The topological polar surface area (TPSA) is 41.9 Å². The van der Waals surface area contributed by atoms with Crippen LogP contribution in [0.3, 0.4) is 0 Å². The van der Waals surface area contributed by atoms with Crippen molar-refractivity contribution in [3.05, 3.63) is 0 Å². The summed E-state index contributed by atoms with van der Waals surface area (Å²) in [7, 11) is 0. The van der Waals surface area contributed by atoms with E-state index < -0.39 is 0 Å². The summed E-state index contributed by atoms with van der Waals surface area (Å²) >= 11 is 0. The second kappa shape index (κ2) is 6.08. The van der Waals surface area contributed by atoms with Crippen LogP contribution < -0.4 is 0 Å². The summed E-state index contributed by atoms with van der Waals surface area (Å²) in [4.78, 5) is 2.61. The van der Waals surface area contributed by atoms with Gasteiger partial charge in [-0.2, -0.15) is 0 Å². The van der Waals surface area contributed by atoms with E-state index in [1.54, 1.807) is 0 Å². The molecular weight excluding hydrogens is 242 g/mol. The molecule has 0 aromatic carbocycles. The zero-order valence-corrected chi connectivity index (χ0v) is 11.9. The molecule has 0 radical (unpaired) electrons. The summed E-state index contributed by atoms with van der Waals surface area (Å²) < 4.78 is 11.4. The van der Waals surface area contributed by atoms with Crippen molar-refractivity contribution in [3.63, 3.8) is 0 Å². The van der Waals surface area contributed by atoms with Gasteiger partial charge in [0.15, 0.2) is 0 Å². The number of rotatable bonds is 3. The van der Waals surface area contributed by atoms with Crippen LogP contribution in [0, 0.1) is 5.41 Å². The van der Waals surface area contributed by atoms with E-state index >= 15 is 0 Å². The molecule has 1 saturated carbocycles. The summed E-state index contributed by atoms with van der Waals surface area (Å²) in [6.45, 7) is 4.82. The first kappa shape index (κ1) is 13.8. The van der Waals surface area contributed by atoms with E-state index in [0.29, 0.717) is 18.8 Å². The lowest BCUT2D eigenvalue weighted by atomic mass is 9.79. The van der Waals surface area contributed by atoms with Gasteiger partial charge in [-0.25, -0.2) is 0 Å². The highest BCUT2D eigenvalue weighted by Gasteiger charge is 2.40. The molecular formula is C15H27NO3. The molecule has 3 rings (SSSR count). The number of morpholine rings is 1. The maximum atomic E-state index is 9.85. The van der Waals surface area contributed by atoms with Crippen LogP contribution in [0.4, 0.5) is 0 Å². The number of fused-ring (bicyclic) bond motifs is 1. The molecule has 3 aliphatic rings. The van der Waals surface area contributed by atoms with E-state index in [2.05, 4.69) is 4.90 Å². The highest BCUT2D eigenvalue weighted by molar-refractivity contribution is 4.92. The highest BCUT2D eigenvalue weighted by atomic mass is 16.5. The van der Waals surface area contributed by atoms with E-state index in [9.17, 15) is 5.11 Å². The first-order valence-electron chi connectivity index (χ1n) is 7.87. The van der Waals surface area contributed by atoms with Crippen molar-refractivity contribution in [2.45, 2.75) is 50.7 Å². The molecule has 4 nitrogen and oxygen atoms in total. The molecule has 0 amide bonds. The average Bonchev–Trinajstić information content (AvgIpc) is 2.49. The smallest absolute Gasteiger partial charge is 0.0730 e. The van der Waals surface area contributed by atoms with Gasteiger partial charge in [-0.05, 0) is 25.7 Å². The van der Waals surface area contributed by atoms with Crippen molar-refractivity contribution in [1.82, 2.24) is 4.90 Å². The van der Waals surface area contributed by atoms with E-state index in [-0.39, 0.29) is 5.41 Å². The van der Waals surface area contributed by atoms with Crippen molar-refractivity contribution in [3.8, 4) is 0 Å². The van der Waals surface area contributed by atoms with Gasteiger partial charge in [0, 0.05) is 37.8 Å². The van der Waals surface area contributed by atoms with Crippen LogP contribution in [-0.4, -0.2) is 61.7 Å². The van der Waals surface area contributed by atoms with Gasteiger partial charge in [-0.3, -0.25) is 4.90 Å². The average molecular weight is 269 g/mol. The molecule has 1 aliphatic carbocycles. The molecule has 19 heavy (non-hydrogen) atoms. The lowest BCUT2D eigenvalue weighted by Gasteiger charge is -2.48. The Labute approximate surface area is 116 Å². The summed E-state index contributed by atoms with van der Waals surface area (Å²) in [5.41, 5.74) is 0.0671. The Morgan fingerprint density at radius 3 is 2.68 bits per heavy atom. The third kappa shape index (κ3) is 2.97. The van der Waals surface area contributed by atoms with Crippen LogP contribution >= 0.6 is 0 Å². The number of hydrogen-bond donors (Lipinski definition) is 1. The molecule has 0 spiro atoms. The lowest BCUT2D eigenvalue weighted by Crippen LogP contribution is -2.56. The van der Waals surface area contributed by atoms with Gasteiger partial charge in [0.05, 0.1) is 19.3 Å². The lowest BCUT2D eigenvalue weighted by molar-refractivity contribution is -0.114. The Bertz CT molecular complexity index is 289. The van der Waals surface area contributed by atoms with Crippen LogP contribution in [0.25, 0.3) is 0 Å². The Hall–Kier alpha value is -0.160. The minimum Gasteiger partial charge on any atom is -0.396 e. The molecule has 110 valence electrons. The number of hydrogen-bond acceptors (Lipinski definition) is 4. The standard InChI is InChI=1S/C15H27NO3/c17-12-15(5-8-18-9-6-15)11-16-7-10-19-14-4-2-1-3-13(14)16/h13-14,17H,1-12H2. The quantitative estimate of drug-likeness (QED) is 0.841. The van der Waals surface area contributed by atoms with Crippen LogP contribution in [0.1, 0.15) is 38.5 Å². The molecule has 2 heterocycles. The molecule has 2 saturated heterocycles. The van der Waals surface area contributed by atoms with Crippen molar-refractivity contribution in [1.29, 1.82) is 0 Å². The fourth-order valence-corrected chi connectivity index (χ4v) is 3.97. The van der Waals surface area contributed by atoms with Gasteiger partial charge in [-0.15, -0.1) is 0 Å².